The molecule has 1 unspecified atom stereocenters. The Morgan fingerprint density at radius 2 is 2.00 bits per heavy atom. The van der Waals surface area contributed by atoms with E-state index in [1.165, 1.54) is 11.1 Å². The lowest BCUT2D eigenvalue weighted by molar-refractivity contribution is 0.614. The van der Waals surface area contributed by atoms with E-state index in [2.05, 4.69) is 55.1 Å². The summed E-state index contributed by atoms with van der Waals surface area (Å²) in [5, 5.41) is 3.35. The number of imidazole rings is 1. The van der Waals surface area contributed by atoms with Crippen LogP contribution in [0.3, 0.4) is 0 Å². The Bertz CT molecular complexity index is 474. The molecule has 0 aliphatic carbocycles. The Kier molecular flexibility index (Phi) is 3.48. The van der Waals surface area contributed by atoms with Gasteiger partial charge in [0.05, 0.1) is 11.0 Å². The maximum absolute atomic E-state index is 4.67. The molecular formula is C14H21N3. The lowest BCUT2D eigenvalue weighted by atomic mass is 10.1. The molecule has 92 valence electrons. The van der Waals surface area contributed by atoms with Gasteiger partial charge >= 0.3 is 0 Å². The van der Waals surface area contributed by atoms with Crippen LogP contribution < -0.4 is 5.32 Å². The van der Waals surface area contributed by atoms with Crippen LogP contribution in [-0.4, -0.2) is 23.1 Å². The van der Waals surface area contributed by atoms with Crippen LogP contribution in [0.15, 0.2) is 12.1 Å². The van der Waals surface area contributed by atoms with Crippen molar-refractivity contribution >= 4 is 11.0 Å². The first kappa shape index (κ1) is 12.1. The summed E-state index contributed by atoms with van der Waals surface area (Å²) in [6, 6.07) is 4.34. The van der Waals surface area contributed by atoms with Crippen molar-refractivity contribution in [1.29, 1.82) is 0 Å². The SMILES string of the molecule is CCNCC(C)c1nc2cc(C)c(C)cc2[nH]1. The van der Waals surface area contributed by atoms with Gasteiger partial charge in [-0.3, -0.25) is 0 Å². The van der Waals surface area contributed by atoms with Crippen LogP contribution in [0.2, 0.25) is 0 Å². The molecule has 0 saturated carbocycles. The summed E-state index contributed by atoms with van der Waals surface area (Å²) in [4.78, 5) is 8.09. The van der Waals surface area contributed by atoms with E-state index in [9.17, 15) is 0 Å². The Balaban J connectivity index is 2.31. The van der Waals surface area contributed by atoms with Gasteiger partial charge in [0.15, 0.2) is 0 Å². The highest BCUT2D eigenvalue weighted by Crippen LogP contribution is 2.20. The van der Waals surface area contributed by atoms with Gasteiger partial charge in [0.1, 0.15) is 5.82 Å². The van der Waals surface area contributed by atoms with Crippen molar-refractivity contribution in [3.05, 3.63) is 29.1 Å². The van der Waals surface area contributed by atoms with Gasteiger partial charge in [-0.05, 0) is 43.7 Å². The molecule has 2 rings (SSSR count). The van der Waals surface area contributed by atoms with Crippen molar-refractivity contribution in [1.82, 2.24) is 15.3 Å². The number of hydrogen-bond donors (Lipinski definition) is 2. The van der Waals surface area contributed by atoms with Crippen LogP contribution >= 0.6 is 0 Å². The Hall–Kier alpha value is -1.35. The molecule has 1 atom stereocenters. The largest absolute Gasteiger partial charge is 0.342 e. The van der Waals surface area contributed by atoms with Crippen molar-refractivity contribution in [2.24, 2.45) is 0 Å². The number of nitrogens with one attached hydrogen (secondary N) is 2. The molecule has 1 aromatic carbocycles. The summed E-state index contributed by atoms with van der Waals surface area (Å²) in [5.74, 6) is 1.49. The highest BCUT2D eigenvalue weighted by molar-refractivity contribution is 5.77. The highest BCUT2D eigenvalue weighted by Gasteiger charge is 2.10. The molecule has 17 heavy (non-hydrogen) atoms. The van der Waals surface area contributed by atoms with E-state index in [0.29, 0.717) is 5.92 Å². The zero-order valence-electron chi connectivity index (χ0n) is 11.1. The fraction of sp³-hybridized carbons (Fsp3) is 0.500. The second-order valence-electron chi connectivity index (χ2n) is 4.78. The summed E-state index contributed by atoms with van der Waals surface area (Å²) in [7, 11) is 0. The third-order valence-electron chi connectivity index (χ3n) is 3.28. The summed E-state index contributed by atoms with van der Waals surface area (Å²) in [6.45, 7) is 10.6. The number of aromatic nitrogens is 2. The summed E-state index contributed by atoms with van der Waals surface area (Å²) >= 11 is 0. The van der Waals surface area contributed by atoms with Gasteiger partial charge in [0, 0.05) is 12.5 Å². The minimum Gasteiger partial charge on any atom is -0.342 e. The van der Waals surface area contributed by atoms with Gasteiger partial charge in [-0.15, -0.1) is 0 Å². The molecule has 0 bridgehead atoms. The van der Waals surface area contributed by atoms with Gasteiger partial charge in [0.25, 0.3) is 0 Å². The van der Waals surface area contributed by atoms with Crippen molar-refractivity contribution in [2.45, 2.75) is 33.6 Å². The summed E-state index contributed by atoms with van der Waals surface area (Å²) < 4.78 is 0. The first-order valence-corrected chi connectivity index (χ1v) is 6.29. The molecule has 2 N–H and O–H groups in total. The predicted molar refractivity (Wildman–Crippen MR) is 72.5 cm³/mol. The van der Waals surface area contributed by atoms with E-state index >= 15 is 0 Å². The van der Waals surface area contributed by atoms with Crippen LogP contribution in [-0.2, 0) is 0 Å². The molecular weight excluding hydrogens is 210 g/mol. The standard InChI is InChI=1S/C14H21N3/c1-5-15-8-11(4)14-16-12-6-9(2)10(3)7-13(12)17-14/h6-7,11,15H,5,8H2,1-4H3,(H,16,17). The normalized spacial score (nSPS) is 13.2. The van der Waals surface area contributed by atoms with Gasteiger partial charge in [-0.2, -0.15) is 0 Å². The Morgan fingerprint density at radius 3 is 2.71 bits per heavy atom. The molecule has 1 aromatic heterocycles. The molecule has 0 spiro atoms. The van der Waals surface area contributed by atoms with Gasteiger partial charge in [0.2, 0.25) is 0 Å². The maximum atomic E-state index is 4.67. The molecule has 0 fully saturated rings. The van der Waals surface area contributed by atoms with Crippen LogP contribution in [0.25, 0.3) is 11.0 Å². The molecule has 0 saturated heterocycles. The van der Waals surface area contributed by atoms with Crippen LogP contribution in [0, 0.1) is 13.8 Å². The number of likely N-dealkylation sites (N-methyl/N-ethyl adjacent to an activating group) is 1. The second kappa shape index (κ2) is 4.88. The predicted octanol–water partition coefficient (Wildman–Crippen LogP) is 2.89. The number of aryl methyl sites for hydroxylation is 2. The zero-order chi connectivity index (χ0) is 12.4. The monoisotopic (exact) mass is 231 g/mol. The van der Waals surface area contributed by atoms with Gasteiger partial charge in [-0.1, -0.05) is 13.8 Å². The van der Waals surface area contributed by atoms with Crippen molar-refractivity contribution in [3.63, 3.8) is 0 Å². The first-order chi connectivity index (χ1) is 8.11. The Morgan fingerprint density at radius 1 is 1.29 bits per heavy atom. The minimum absolute atomic E-state index is 0.419. The van der Waals surface area contributed by atoms with Crippen molar-refractivity contribution in [2.75, 3.05) is 13.1 Å². The molecule has 3 heteroatoms. The molecule has 2 aromatic rings. The quantitative estimate of drug-likeness (QED) is 0.849. The van der Waals surface area contributed by atoms with Crippen molar-refractivity contribution in [3.8, 4) is 0 Å². The number of nitrogens with zero attached hydrogens (tertiary/aromatic N) is 1. The number of hydrogen-bond acceptors (Lipinski definition) is 2. The molecule has 0 aliphatic rings. The topological polar surface area (TPSA) is 40.7 Å². The molecule has 0 aliphatic heterocycles. The van der Waals surface area contributed by atoms with Gasteiger partial charge < -0.3 is 10.3 Å². The van der Waals surface area contributed by atoms with E-state index in [1.54, 1.807) is 0 Å². The fourth-order valence-electron chi connectivity index (χ4n) is 1.98. The lowest BCUT2D eigenvalue weighted by Crippen LogP contribution is -2.19. The molecule has 0 radical (unpaired) electrons. The third kappa shape index (κ3) is 2.50. The average Bonchev–Trinajstić information content (AvgIpc) is 2.69. The number of benzene rings is 1. The van der Waals surface area contributed by atoms with Gasteiger partial charge in [-0.25, -0.2) is 4.98 Å². The lowest BCUT2D eigenvalue weighted by Gasteiger charge is -2.07. The van der Waals surface area contributed by atoms with E-state index < -0.39 is 0 Å². The maximum Gasteiger partial charge on any atom is 0.111 e. The average molecular weight is 231 g/mol. The molecule has 0 amide bonds. The van der Waals surface area contributed by atoms with Crippen molar-refractivity contribution < 1.29 is 0 Å². The van der Waals surface area contributed by atoms with E-state index in [1.807, 2.05) is 0 Å². The number of fused-ring (bicyclic) bond motifs is 1. The number of aromatic amines is 1. The Labute approximate surface area is 103 Å². The zero-order valence-corrected chi connectivity index (χ0v) is 11.1. The highest BCUT2D eigenvalue weighted by atomic mass is 14.9. The smallest absolute Gasteiger partial charge is 0.111 e. The first-order valence-electron chi connectivity index (χ1n) is 6.29. The van der Waals surface area contributed by atoms with E-state index in [0.717, 1.165) is 29.9 Å². The van der Waals surface area contributed by atoms with E-state index in [-0.39, 0.29) is 0 Å². The number of rotatable bonds is 4. The second-order valence-corrected chi connectivity index (χ2v) is 4.78. The van der Waals surface area contributed by atoms with E-state index in [4.69, 9.17) is 0 Å². The third-order valence-corrected chi connectivity index (χ3v) is 3.28. The van der Waals surface area contributed by atoms with Crippen LogP contribution in [0.5, 0.6) is 0 Å². The fourth-order valence-corrected chi connectivity index (χ4v) is 1.98. The van der Waals surface area contributed by atoms with Crippen LogP contribution in [0.1, 0.15) is 36.7 Å². The number of H-pyrrole nitrogens is 1. The minimum atomic E-state index is 0.419. The molecule has 3 nitrogen and oxygen atoms in total. The summed E-state index contributed by atoms with van der Waals surface area (Å²) in [5.41, 5.74) is 4.83. The summed E-state index contributed by atoms with van der Waals surface area (Å²) in [6.07, 6.45) is 0. The molecule has 1 heterocycles. The van der Waals surface area contributed by atoms with Crippen LogP contribution in [0.4, 0.5) is 0 Å².